The first-order chi connectivity index (χ1) is 8.72. The smallest absolute Gasteiger partial charge is 0.310 e. The third-order valence-corrected chi connectivity index (χ3v) is 3.38. The highest BCUT2D eigenvalue weighted by Crippen LogP contribution is 2.28. The van der Waals surface area contributed by atoms with Gasteiger partial charge in [0.05, 0.1) is 6.42 Å². The second-order valence-electron chi connectivity index (χ2n) is 3.85. The predicted molar refractivity (Wildman–Crippen MR) is 68.7 cm³/mol. The lowest BCUT2D eigenvalue weighted by Gasteiger charge is -1.88. The van der Waals surface area contributed by atoms with Gasteiger partial charge >= 0.3 is 5.97 Å². The molecule has 3 aromatic rings. The molecule has 0 saturated carbocycles. The topological polar surface area (TPSA) is 63.3 Å². The lowest BCUT2D eigenvalue weighted by Crippen LogP contribution is -1.98. The van der Waals surface area contributed by atoms with Crippen molar-refractivity contribution in [2.75, 3.05) is 0 Å². The molecule has 0 atom stereocenters. The molecule has 0 amide bonds. The molecule has 4 nitrogen and oxygen atoms in total. The number of carbonyl (C=O) groups is 1. The summed E-state index contributed by atoms with van der Waals surface area (Å²) in [5, 5.41) is 12.1. The van der Waals surface area contributed by atoms with Crippen LogP contribution in [0, 0.1) is 0 Å². The maximum absolute atomic E-state index is 10.6. The number of fused-ring (bicyclic) bond motifs is 1. The van der Waals surface area contributed by atoms with Crippen molar-refractivity contribution in [3.63, 3.8) is 0 Å². The summed E-state index contributed by atoms with van der Waals surface area (Å²) >= 11 is 1.33. The fourth-order valence-corrected chi connectivity index (χ4v) is 2.52. The van der Waals surface area contributed by atoms with Gasteiger partial charge in [-0.1, -0.05) is 18.2 Å². The lowest BCUT2D eigenvalue weighted by atomic mass is 10.2. The molecule has 1 aromatic carbocycles. The van der Waals surface area contributed by atoms with E-state index < -0.39 is 5.97 Å². The molecule has 2 aromatic heterocycles. The maximum Gasteiger partial charge on any atom is 0.310 e. The number of para-hydroxylation sites is 1. The number of carboxylic acids is 1. The van der Waals surface area contributed by atoms with E-state index in [1.165, 1.54) is 11.3 Å². The summed E-state index contributed by atoms with van der Waals surface area (Å²) in [5.41, 5.74) is 1.49. The van der Waals surface area contributed by atoms with Gasteiger partial charge in [0.1, 0.15) is 16.3 Å². The number of hydrogen-bond acceptors (Lipinski definition) is 4. The summed E-state index contributed by atoms with van der Waals surface area (Å²) in [6, 6.07) is 9.62. The van der Waals surface area contributed by atoms with E-state index in [2.05, 4.69) is 4.98 Å². The summed E-state index contributed by atoms with van der Waals surface area (Å²) in [6.07, 6.45) is -0.0507. The molecular formula is C13H9NO3S. The van der Waals surface area contributed by atoms with Gasteiger partial charge in [-0.2, -0.15) is 0 Å². The Morgan fingerprint density at radius 2 is 2.22 bits per heavy atom. The Morgan fingerprint density at radius 3 is 3.00 bits per heavy atom. The van der Waals surface area contributed by atoms with Crippen molar-refractivity contribution in [2.45, 2.75) is 6.42 Å². The Bertz CT molecular complexity index is 681. The Morgan fingerprint density at radius 1 is 1.39 bits per heavy atom. The monoisotopic (exact) mass is 259 g/mol. The number of hydrogen-bond donors (Lipinski definition) is 1. The number of furan rings is 1. The van der Waals surface area contributed by atoms with Gasteiger partial charge in [0, 0.05) is 10.8 Å². The Balaban J connectivity index is 1.98. The van der Waals surface area contributed by atoms with Crippen LogP contribution in [-0.2, 0) is 11.2 Å². The Kier molecular flexibility index (Phi) is 2.60. The number of benzene rings is 1. The van der Waals surface area contributed by atoms with E-state index in [1.54, 1.807) is 0 Å². The van der Waals surface area contributed by atoms with Gasteiger partial charge in [-0.3, -0.25) is 4.79 Å². The summed E-state index contributed by atoms with van der Waals surface area (Å²) in [4.78, 5) is 14.9. The average molecular weight is 259 g/mol. The van der Waals surface area contributed by atoms with Crippen LogP contribution in [-0.4, -0.2) is 16.1 Å². The van der Waals surface area contributed by atoms with Crippen molar-refractivity contribution >= 4 is 28.3 Å². The molecule has 0 fully saturated rings. The SMILES string of the molecule is O=C(O)Cc1nc(-c2cc3ccccc3o2)cs1. The molecule has 0 unspecified atom stereocenters. The van der Waals surface area contributed by atoms with Crippen LogP contribution in [0.25, 0.3) is 22.4 Å². The first-order valence-electron chi connectivity index (χ1n) is 5.37. The molecule has 5 heteroatoms. The highest BCUT2D eigenvalue weighted by Gasteiger charge is 2.11. The minimum atomic E-state index is -0.875. The molecule has 0 radical (unpaired) electrons. The second kappa shape index (κ2) is 4.27. The molecule has 3 rings (SSSR count). The molecule has 0 aliphatic heterocycles. The first kappa shape index (κ1) is 11.0. The predicted octanol–water partition coefficient (Wildman–Crippen LogP) is 3.18. The number of thiazole rings is 1. The number of aliphatic carboxylic acids is 1. The van der Waals surface area contributed by atoms with Gasteiger partial charge in [0.25, 0.3) is 0 Å². The third-order valence-electron chi connectivity index (χ3n) is 2.53. The number of rotatable bonds is 3. The molecule has 1 N–H and O–H groups in total. The lowest BCUT2D eigenvalue weighted by molar-refractivity contribution is -0.136. The summed E-state index contributed by atoms with van der Waals surface area (Å²) < 4.78 is 5.67. The van der Waals surface area contributed by atoms with E-state index in [9.17, 15) is 4.79 Å². The number of aromatic nitrogens is 1. The van der Waals surface area contributed by atoms with Crippen LogP contribution in [0.15, 0.2) is 40.1 Å². The largest absolute Gasteiger partial charge is 0.481 e. The Labute approximate surface area is 107 Å². The second-order valence-corrected chi connectivity index (χ2v) is 4.79. The van der Waals surface area contributed by atoms with Crippen LogP contribution in [0.5, 0.6) is 0 Å². The maximum atomic E-state index is 10.6. The summed E-state index contributed by atoms with van der Waals surface area (Å²) in [6.45, 7) is 0. The van der Waals surface area contributed by atoms with Crippen molar-refractivity contribution in [1.29, 1.82) is 0 Å². The first-order valence-corrected chi connectivity index (χ1v) is 6.25. The van der Waals surface area contributed by atoms with Crippen LogP contribution < -0.4 is 0 Å². The molecule has 0 bridgehead atoms. The third kappa shape index (κ3) is 2.00. The molecule has 0 aliphatic carbocycles. The van der Waals surface area contributed by atoms with E-state index in [-0.39, 0.29) is 6.42 Å². The molecule has 2 heterocycles. The zero-order valence-corrected chi connectivity index (χ0v) is 10.1. The number of nitrogens with zero attached hydrogens (tertiary/aromatic N) is 1. The quantitative estimate of drug-likeness (QED) is 0.784. The van der Waals surface area contributed by atoms with E-state index in [0.717, 1.165) is 11.0 Å². The van der Waals surface area contributed by atoms with Crippen molar-refractivity contribution in [2.24, 2.45) is 0 Å². The van der Waals surface area contributed by atoms with Gasteiger partial charge in [-0.15, -0.1) is 11.3 Å². The van der Waals surface area contributed by atoms with Crippen molar-refractivity contribution in [3.8, 4) is 11.5 Å². The Hall–Kier alpha value is -2.14. The van der Waals surface area contributed by atoms with Gasteiger partial charge in [-0.25, -0.2) is 4.98 Å². The van der Waals surface area contributed by atoms with E-state index >= 15 is 0 Å². The highest BCUT2D eigenvalue weighted by atomic mass is 32.1. The van der Waals surface area contributed by atoms with E-state index in [0.29, 0.717) is 16.5 Å². The van der Waals surface area contributed by atoms with Crippen LogP contribution in [0.1, 0.15) is 5.01 Å². The standard InChI is InChI=1S/C13H9NO3S/c15-13(16)6-12-14-9(7-18-12)11-5-8-3-1-2-4-10(8)17-11/h1-5,7H,6H2,(H,15,16). The minimum absolute atomic E-state index is 0.0507. The number of carboxylic acid groups (broad SMARTS) is 1. The van der Waals surface area contributed by atoms with E-state index in [1.807, 2.05) is 35.7 Å². The van der Waals surface area contributed by atoms with Crippen LogP contribution in [0.2, 0.25) is 0 Å². The highest BCUT2D eigenvalue weighted by molar-refractivity contribution is 7.10. The molecule has 0 spiro atoms. The zero-order valence-electron chi connectivity index (χ0n) is 9.29. The van der Waals surface area contributed by atoms with Gasteiger partial charge in [-0.05, 0) is 12.1 Å². The van der Waals surface area contributed by atoms with Crippen LogP contribution >= 0.6 is 11.3 Å². The van der Waals surface area contributed by atoms with Gasteiger partial charge in [0.15, 0.2) is 5.76 Å². The van der Waals surface area contributed by atoms with Crippen molar-refractivity contribution < 1.29 is 14.3 Å². The normalized spacial score (nSPS) is 10.9. The van der Waals surface area contributed by atoms with E-state index in [4.69, 9.17) is 9.52 Å². The molecule has 90 valence electrons. The molecule has 18 heavy (non-hydrogen) atoms. The van der Waals surface area contributed by atoms with Crippen LogP contribution in [0.3, 0.4) is 0 Å². The fourth-order valence-electron chi connectivity index (χ4n) is 1.74. The summed E-state index contributed by atoms with van der Waals surface area (Å²) in [7, 11) is 0. The van der Waals surface area contributed by atoms with Crippen molar-refractivity contribution in [3.05, 3.63) is 40.7 Å². The molecule has 0 saturated heterocycles. The van der Waals surface area contributed by atoms with Gasteiger partial charge in [0.2, 0.25) is 0 Å². The molecular weight excluding hydrogens is 250 g/mol. The fraction of sp³-hybridized carbons (Fsp3) is 0.0769. The average Bonchev–Trinajstić information content (AvgIpc) is 2.93. The zero-order chi connectivity index (χ0) is 12.5. The summed E-state index contributed by atoms with van der Waals surface area (Å²) in [5.74, 6) is -0.204. The van der Waals surface area contributed by atoms with Gasteiger partial charge < -0.3 is 9.52 Å². The minimum Gasteiger partial charge on any atom is -0.481 e. The molecule has 0 aliphatic rings. The van der Waals surface area contributed by atoms with Crippen molar-refractivity contribution in [1.82, 2.24) is 4.98 Å². The van der Waals surface area contributed by atoms with Crippen LogP contribution in [0.4, 0.5) is 0 Å².